The molecule has 2 heterocycles. The van der Waals surface area contributed by atoms with Gasteiger partial charge in [0.2, 0.25) is 0 Å². The number of ketones is 1. The summed E-state index contributed by atoms with van der Waals surface area (Å²) in [5, 5.41) is 3.91. The highest BCUT2D eigenvalue weighted by atomic mass is 32.2. The van der Waals surface area contributed by atoms with Crippen LogP contribution in [-0.4, -0.2) is 55.2 Å². The first-order valence-corrected chi connectivity index (χ1v) is 12.7. The topological polar surface area (TPSA) is 63.4 Å². The Balaban J connectivity index is 1.58. The van der Waals surface area contributed by atoms with Gasteiger partial charge in [-0.15, -0.1) is 21.5 Å². The first-order chi connectivity index (χ1) is 15.9. The lowest BCUT2D eigenvalue weighted by atomic mass is 9.87. The summed E-state index contributed by atoms with van der Waals surface area (Å²) in [5.41, 5.74) is 2.19. The fraction of sp³-hybridized carbons (Fsp3) is 0.500. The van der Waals surface area contributed by atoms with Crippen LogP contribution < -0.4 is 10.1 Å². The van der Waals surface area contributed by atoms with Crippen LogP contribution in [0.1, 0.15) is 50.3 Å². The maximum Gasteiger partial charge on any atom is 0.364 e. The molecule has 0 aromatic heterocycles. The number of thioether (sulfide) groups is 1. The van der Waals surface area contributed by atoms with E-state index in [-0.39, 0.29) is 18.0 Å². The number of Topliss-reactive ketones (excluding diaryl/α,β-unsaturated/α-hetero) is 1. The van der Waals surface area contributed by atoms with E-state index in [0.29, 0.717) is 29.7 Å². The van der Waals surface area contributed by atoms with Crippen LogP contribution in [0.25, 0.3) is 0 Å². The number of likely N-dealkylation sites (N-methyl/N-ethyl adjacent to an activating group) is 1. The Morgan fingerprint density at radius 3 is 2.61 bits per heavy atom. The third-order valence-corrected chi connectivity index (χ3v) is 8.04. The number of hydrogen-bond acceptors (Lipinski definition) is 6. The molecular formula is C26H35N2O4S+. The average molecular weight is 472 g/mol. The SMILES string of the molecule is CCC(=O)C[C@@]1(CC)CSc2cc(OCC[N+](C)(C)C3OO3)ccc2[C@H](c2ccccc2)N1. The molecule has 178 valence electrons. The fourth-order valence-corrected chi connectivity index (χ4v) is 5.59. The van der Waals surface area contributed by atoms with Crippen LogP contribution >= 0.6 is 11.8 Å². The van der Waals surface area contributed by atoms with Gasteiger partial charge in [-0.05, 0) is 29.7 Å². The lowest BCUT2D eigenvalue weighted by Crippen LogP contribution is -2.49. The summed E-state index contributed by atoms with van der Waals surface area (Å²) in [4.78, 5) is 23.6. The summed E-state index contributed by atoms with van der Waals surface area (Å²) < 4.78 is 6.71. The molecule has 0 spiro atoms. The second kappa shape index (κ2) is 10.2. The predicted molar refractivity (Wildman–Crippen MR) is 130 cm³/mol. The standard InChI is InChI=1S/C26H35N2O4S/c1-5-20(29)17-26(6-2)18-33-23-16-21(30-15-14-28(3,4)25-31-32-25)12-13-22(23)24(27-26)19-10-8-7-9-11-19/h7-13,16,24-25,27H,5-6,14-15,17-18H2,1-4H3/q+1/t24-,26-/m0/s1. The quantitative estimate of drug-likeness (QED) is 0.308. The van der Waals surface area contributed by atoms with E-state index < -0.39 is 0 Å². The van der Waals surface area contributed by atoms with Crippen molar-refractivity contribution in [2.75, 3.05) is 33.0 Å². The summed E-state index contributed by atoms with van der Waals surface area (Å²) in [6.07, 6.45) is 1.82. The molecule has 2 aliphatic rings. The molecule has 4 rings (SSSR count). The number of nitrogens with zero attached hydrogens (tertiary/aromatic N) is 1. The third kappa shape index (κ3) is 5.78. The smallest absolute Gasteiger partial charge is 0.364 e. The average Bonchev–Trinajstić information content (AvgIpc) is 3.68. The molecule has 2 aromatic carbocycles. The first-order valence-electron chi connectivity index (χ1n) is 11.7. The van der Waals surface area contributed by atoms with Crippen LogP contribution in [-0.2, 0) is 14.6 Å². The van der Waals surface area contributed by atoms with Crippen LogP contribution in [0.5, 0.6) is 5.75 Å². The maximum absolute atomic E-state index is 12.5. The molecule has 6 nitrogen and oxygen atoms in total. The lowest BCUT2D eigenvalue weighted by Gasteiger charge is -2.35. The highest BCUT2D eigenvalue weighted by molar-refractivity contribution is 7.99. The molecule has 1 N–H and O–H groups in total. The molecular weight excluding hydrogens is 436 g/mol. The second-order valence-electron chi connectivity index (χ2n) is 9.53. The van der Waals surface area contributed by atoms with Crippen LogP contribution in [0.2, 0.25) is 0 Å². The van der Waals surface area contributed by atoms with E-state index in [4.69, 9.17) is 14.5 Å². The molecule has 7 heteroatoms. The van der Waals surface area contributed by atoms with Gasteiger partial charge in [0, 0.05) is 29.0 Å². The van der Waals surface area contributed by atoms with Crippen LogP contribution in [0, 0.1) is 0 Å². The van der Waals surface area contributed by atoms with Gasteiger partial charge in [-0.3, -0.25) is 14.6 Å². The zero-order valence-electron chi connectivity index (χ0n) is 20.0. The van der Waals surface area contributed by atoms with Crippen molar-refractivity contribution in [2.24, 2.45) is 0 Å². The number of nitrogens with one attached hydrogen (secondary N) is 1. The number of benzene rings is 2. The Bertz CT molecular complexity index is 964. The summed E-state index contributed by atoms with van der Waals surface area (Å²) >= 11 is 1.82. The zero-order chi connectivity index (χ0) is 23.5. The largest absolute Gasteiger partial charge is 0.488 e. The normalized spacial score (nSPS) is 23.0. The van der Waals surface area contributed by atoms with E-state index in [0.717, 1.165) is 24.5 Å². The van der Waals surface area contributed by atoms with Gasteiger partial charge in [0.1, 0.15) is 24.7 Å². The number of fused-ring (bicyclic) bond motifs is 1. The fourth-order valence-electron chi connectivity index (χ4n) is 4.21. The number of carbonyl (C=O) groups excluding carboxylic acids is 1. The van der Waals surface area contributed by atoms with Crippen molar-refractivity contribution in [1.82, 2.24) is 5.32 Å². The number of hydrogen-bond donors (Lipinski definition) is 1. The van der Waals surface area contributed by atoms with Crippen LogP contribution in [0.15, 0.2) is 53.4 Å². The van der Waals surface area contributed by atoms with Crippen molar-refractivity contribution in [3.63, 3.8) is 0 Å². The Kier molecular flexibility index (Phi) is 7.46. The van der Waals surface area contributed by atoms with E-state index in [9.17, 15) is 4.79 Å². The highest BCUT2D eigenvalue weighted by Gasteiger charge is 2.43. The van der Waals surface area contributed by atoms with E-state index >= 15 is 0 Å². The van der Waals surface area contributed by atoms with Gasteiger partial charge in [-0.1, -0.05) is 50.2 Å². The molecule has 2 aliphatic heterocycles. The first kappa shape index (κ1) is 24.2. The number of carbonyl (C=O) groups is 1. The van der Waals surface area contributed by atoms with Crippen LogP contribution in [0.4, 0.5) is 0 Å². The Labute approximate surface area is 201 Å². The molecule has 1 fully saturated rings. The molecule has 0 bridgehead atoms. The van der Waals surface area contributed by atoms with Gasteiger partial charge in [0.05, 0.1) is 20.1 Å². The van der Waals surface area contributed by atoms with Gasteiger partial charge in [0.15, 0.2) is 0 Å². The Morgan fingerprint density at radius 1 is 1.18 bits per heavy atom. The molecule has 2 aromatic rings. The van der Waals surface area contributed by atoms with E-state index in [1.807, 2.05) is 24.8 Å². The lowest BCUT2D eigenvalue weighted by molar-refractivity contribution is -0.917. The predicted octanol–water partition coefficient (Wildman–Crippen LogP) is 4.69. The highest BCUT2D eigenvalue weighted by Crippen LogP contribution is 2.42. The van der Waals surface area contributed by atoms with Gasteiger partial charge in [-0.2, -0.15) is 0 Å². The summed E-state index contributed by atoms with van der Waals surface area (Å²) in [7, 11) is 4.12. The monoisotopic (exact) mass is 471 g/mol. The molecule has 0 amide bonds. The number of ether oxygens (including phenoxy) is 1. The Hall–Kier alpha value is -1.90. The van der Waals surface area contributed by atoms with Crippen molar-refractivity contribution < 1.29 is 23.8 Å². The van der Waals surface area contributed by atoms with Crippen molar-refractivity contribution >= 4 is 17.5 Å². The van der Waals surface area contributed by atoms with Crippen molar-refractivity contribution in [2.45, 2.75) is 56.0 Å². The minimum absolute atomic E-state index is 0.0228. The Morgan fingerprint density at radius 2 is 1.94 bits per heavy atom. The van der Waals surface area contributed by atoms with E-state index in [2.05, 4.69) is 68.8 Å². The molecule has 1 saturated heterocycles. The molecule has 0 unspecified atom stereocenters. The molecule has 0 radical (unpaired) electrons. The minimum atomic E-state index is -0.246. The van der Waals surface area contributed by atoms with E-state index in [1.54, 1.807) is 0 Å². The third-order valence-electron chi connectivity index (χ3n) is 6.68. The summed E-state index contributed by atoms with van der Waals surface area (Å²) in [6.45, 7) is 5.48. The molecule has 2 atom stereocenters. The van der Waals surface area contributed by atoms with Gasteiger partial charge in [0.25, 0.3) is 0 Å². The molecule has 0 aliphatic carbocycles. The van der Waals surface area contributed by atoms with Gasteiger partial charge < -0.3 is 4.74 Å². The summed E-state index contributed by atoms with van der Waals surface area (Å²) in [6, 6.07) is 16.9. The van der Waals surface area contributed by atoms with Crippen LogP contribution in [0.3, 0.4) is 0 Å². The van der Waals surface area contributed by atoms with Gasteiger partial charge >= 0.3 is 6.41 Å². The van der Waals surface area contributed by atoms with E-state index in [1.165, 1.54) is 16.0 Å². The molecule has 0 saturated carbocycles. The number of rotatable bonds is 10. The number of quaternary nitrogens is 1. The van der Waals surface area contributed by atoms with Crippen molar-refractivity contribution in [3.05, 3.63) is 59.7 Å². The molecule has 33 heavy (non-hydrogen) atoms. The second-order valence-corrected chi connectivity index (χ2v) is 10.5. The summed E-state index contributed by atoms with van der Waals surface area (Å²) in [5.74, 6) is 2.00. The van der Waals surface area contributed by atoms with Gasteiger partial charge in [-0.25, -0.2) is 0 Å². The zero-order valence-corrected chi connectivity index (χ0v) is 20.8. The van der Waals surface area contributed by atoms with Crippen molar-refractivity contribution in [3.8, 4) is 5.75 Å². The van der Waals surface area contributed by atoms with Crippen molar-refractivity contribution in [1.29, 1.82) is 0 Å². The minimum Gasteiger partial charge on any atom is -0.488 e. The maximum atomic E-state index is 12.5.